The number of thiophene rings is 1. The van der Waals surface area contributed by atoms with E-state index in [1.165, 1.54) is 18.6 Å². The van der Waals surface area contributed by atoms with Crippen molar-refractivity contribution in [3.63, 3.8) is 0 Å². The molecule has 0 atom stereocenters. The highest BCUT2D eigenvalue weighted by Gasteiger charge is 2.26. The zero-order chi connectivity index (χ0) is 26.5. The number of fused-ring (bicyclic) bond motifs is 1. The average molecular weight is 533 g/mol. The minimum atomic E-state index is -0.888. The molecule has 2 aromatic carbocycles. The van der Waals surface area contributed by atoms with Gasteiger partial charge in [0.25, 0.3) is 0 Å². The molecule has 0 radical (unpaired) electrons. The van der Waals surface area contributed by atoms with Gasteiger partial charge in [-0.15, -0.1) is 11.3 Å². The van der Waals surface area contributed by atoms with Crippen LogP contribution in [0.25, 0.3) is 0 Å². The highest BCUT2D eigenvalue weighted by Crippen LogP contribution is 2.38. The van der Waals surface area contributed by atoms with Crippen LogP contribution >= 0.6 is 11.3 Å². The Bertz CT molecular complexity index is 1360. The lowest BCUT2D eigenvalue weighted by molar-refractivity contribution is 0.0561. The number of urea groups is 1. The van der Waals surface area contributed by atoms with Crippen molar-refractivity contribution in [3.8, 4) is 23.0 Å². The van der Waals surface area contributed by atoms with E-state index in [0.29, 0.717) is 17.1 Å². The van der Waals surface area contributed by atoms with Crippen LogP contribution < -0.4 is 29.6 Å². The molecule has 4 rings (SSSR count). The molecule has 0 saturated carbocycles. The molecule has 37 heavy (non-hydrogen) atoms. The van der Waals surface area contributed by atoms with Crippen molar-refractivity contribution in [1.29, 1.82) is 0 Å². The van der Waals surface area contributed by atoms with Crippen LogP contribution in [0.4, 0.5) is 20.6 Å². The number of rotatable bonds is 8. The van der Waals surface area contributed by atoms with Crippen LogP contribution in [-0.4, -0.2) is 46.1 Å². The molecular formula is C24H21FN2O9S. The number of halogens is 1. The second-order valence-electron chi connectivity index (χ2n) is 7.34. The van der Waals surface area contributed by atoms with Gasteiger partial charge in [-0.3, -0.25) is 0 Å². The summed E-state index contributed by atoms with van der Waals surface area (Å²) >= 11 is 0.877. The number of carbonyl (C=O) groups is 3. The van der Waals surface area contributed by atoms with Gasteiger partial charge in [-0.2, -0.15) is 0 Å². The summed E-state index contributed by atoms with van der Waals surface area (Å²) < 4.78 is 46.0. The Morgan fingerprint density at radius 2 is 1.76 bits per heavy atom. The van der Waals surface area contributed by atoms with Crippen LogP contribution in [0.15, 0.2) is 35.7 Å². The number of carbonyl (C=O) groups excluding carboxylic acids is 3. The maximum Gasteiger partial charge on any atom is 0.349 e. The molecule has 3 aromatic rings. The number of esters is 2. The van der Waals surface area contributed by atoms with Gasteiger partial charge < -0.3 is 39.1 Å². The first-order chi connectivity index (χ1) is 17.9. The number of anilines is 2. The van der Waals surface area contributed by atoms with Crippen molar-refractivity contribution < 1.29 is 47.2 Å². The third-order valence-corrected chi connectivity index (χ3v) is 6.12. The normalized spacial score (nSPS) is 11.5. The molecule has 194 valence electrons. The minimum Gasteiger partial charge on any atom is -0.493 e. The molecule has 0 bridgehead atoms. The van der Waals surface area contributed by atoms with Gasteiger partial charge in [-0.05, 0) is 6.07 Å². The summed E-state index contributed by atoms with van der Waals surface area (Å²) in [5.74, 6) is -1.05. The molecular weight excluding hydrogens is 511 g/mol. The van der Waals surface area contributed by atoms with E-state index in [2.05, 4.69) is 15.4 Å². The van der Waals surface area contributed by atoms with Crippen molar-refractivity contribution in [2.24, 2.45) is 0 Å². The average Bonchev–Trinajstić information content (AvgIpc) is 3.55. The third-order valence-electron chi connectivity index (χ3n) is 5.16. The van der Waals surface area contributed by atoms with E-state index < -0.39 is 23.8 Å². The van der Waals surface area contributed by atoms with E-state index in [1.54, 1.807) is 18.2 Å². The van der Waals surface area contributed by atoms with E-state index in [9.17, 15) is 18.8 Å². The zero-order valence-electron chi connectivity index (χ0n) is 19.8. The maximum atomic E-state index is 14.7. The largest absolute Gasteiger partial charge is 0.493 e. The predicted molar refractivity (Wildman–Crippen MR) is 129 cm³/mol. The van der Waals surface area contributed by atoms with E-state index in [1.807, 2.05) is 0 Å². The van der Waals surface area contributed by atoms with Gasteiger partial charge in [0.1, 0.15) is 17.0 Å². The van der Waals surface area contributed by atoms with Crippen LogP contribution in [0.2, 0.25) is 0 Å². The summed E-state index contributed by atoms with van der Waals surface area (Å²) in [6.07, 6.45) is 0. The fourth-order valence-corrected chi connectivity index (χ4v) is 4.34. The summed E-state index contributed by atoms with van der Waals surface area (Å²) in [6.45, 7) is 0.145. The zero-order valence-corrected chi connectivity index (χ0v) is 20.7. The molecule has 1 aromatic heterocycles. The summed E-state index contributed by atoms with van der Waals surface area (Å²) in [4.78, 5) is 36.8. The molecule has 2 heterocycles. The highest BCUT2D eigenvalue weighted by atomic mass is 32.1. The Kier molecular flexibility index (Phi) is 7.63. The predicted octanol–water partition coefficient (Wildman–Crippen LogP) is 4.42. The Labute approximate surface area is 214 Å². The molecule has 0 aliphatic carbocycles. The Morgan fingerprint density at radius 1 is 1.00 bits per heavy atom. The first-order valence-corrected chi connectivity index (χ1v) is 11.5. The standard InChI is InChI=1S/C24H21FN2O9S/c1-31-17-7-13(25)14(8-18(17)34-9-12-5-4-6-16-20(12)36-11-35-16)26-24(30)27-15-10-37-21(23(29)33-3)19(15)22(28)32-2/h4-8,10H,9,11H2,1-3H3,(H2,26,27,30). The van der Waals surface area contributed by atoms with Crippen molar-refractivity contribution in [2.45, 2.75) is 6.61 Å². The molecule has 1 aliphatic heterocycles. The van der Waals surface area contributed by atoms with Gasteiger partial charge in [0, 0.05) is 23.1 Å². The summed E-state index contributed by atoms with van der Waals surface area (Å²) in [6, 6.07) is 6.75. The summed E-state index contributed by atoms with van der Waals surface area (Å²) in [5, 5.41) is 6.14. The van der Waals surface area contributed by atoms with Gasteiger partial charge in [0.2, 0.25) is 6.79 Å². The molecule has 0 spiro atoms. The van der Waals surface area contributed by atoms with Crippen LogP contribution in [-0.2, 0) is 16.1 Å². The van der Waals surface area contributed by atoms with Crippen LogP contribution in [0, 0.1) is 5.82 Å². The molecule has 13 heteroatoms. The molecule has 0 saturated heterocycles. The van der Waals surface area contributed by atoms with Gasteiger partial charge in [-0.25, -0.2) is 18.8 Å². The van der Waals surface area contributed by atoms with Crippen LogP contribution in [0.3, 0.4) is 0 Å². The van der Waals surface area contributed by atoms with E-state index in [4.69, 9.17) is 23.7 Å². The maximum absolute atomic E-state index is 14.7. The van der Waals surface area contributed by atoms with Gasteiger partial charge in [0.15, 0.2) is 28.8 Å². The van der Waals surface area contributed by atoms with Crippen LogP contribution in [0.1, 0.15) is 25.6 Å². The van der Waals surface area contributed by atoms with E-state index in [-0.39, 0.29) is 46.7 Å². The highest BCUT2D eigenvalue weighted by molar-refractivity contribution is 7.13. The van der Waals surface area contributed by atoms with Gasteiger partial charge in [0.05, 0.1) is 32.7 Å². The fourth-order valence-electron chi connectivity index (χ4n) is 3.44. The second-order valence-corrected chi connectivity index (χ2v) is 8.22. The number of ether oxygens (including phenoxy) is 6. The molecule has 11 nitrogen and oxygen atoms in total. The number of hydrogen-bond donors (Lipinski definition) is 2. The van der Waals surface area contributed by atoms with Gasteiger partial charge in [-0.1, -0.05) is 12.1 Å². The lowest BCUT2D eigenvalue weighted by atomic mass is 10.2. The van der Waals surface area contributed by atoms with Crippen LogP contribution in [0.5, 0.6) is 23.0 Å². The molecule has 1 aliphatic rings. The topological polar surface area (TPSA) is 131 Å². The molecule has 0 fully saturated rings. The number of nitrogens with one attached hydrogen (secondary N) is 2. The Balaban J connectivity index is 1.53. The smallest absolute Gasteiger partial charge is 0.349 e. The number of amides is 2. The van der Waals surface area contributed by atoms with Crippen molar-refractivity contribution >= 4 is 40.7 Å². The minimum absolute atomic E-state index is 0.0136. The number of benzene rings is 2. The summed E-state index contributed by atoms with van der Waals surface area (Å²) in [7, 11) is 3.63. The van der Waals surface area contributed by atoms with Gasteiger partial charge >= 0.3 is 18.0 Å². The van der Waals surface area contributed by atoms with E-state index in [0.717, 1.165) is 31.6 Å². The lowest BCUT2D eigenvalue weighted by Gasteiger charge is -2.15. The molecule has 2 amide bonds. The third kappa shape index (κ3) is 5.35. The fraction of sp³-hybridized carbons (Fsp3) is 0.208. The molecule has 2 N–H and O–H groups in total. The summed E-state index contributed by atoms with van der Waals surface area (Å²) in [5.41, 5.74) is 0.271. The SMILES string of the molecule is COC(=O)c1scc(NC(=O)Nc2cc(OCc3cccc4c3OCO4)c(OC)cc2F)c1C(=O)OC. The Hall–Kier alpha value is -4.52. The first kappa shape index (κ1) is 25.6. The monoisotopic (exact) mass is 532 g/mol. The quantitative estimate of drug-likeness (QED) is 0.405. The lowest BCUT2D eigenvalue weighted by Crippen LogP contribution is -2.22. The first-order valence-electron chi connectivity index (χ1n) is 10.6. The second kappa shape index (κ2) is 11.0. The van der Waals surface area contributed by atoms with Crippen molar-refractivity contribution in [1.82, 2.24) is 0 Å². The molecule has 0 unspecified atom stereocenters. The number of hydrogen-bond acceptors (Lipinski definition) is 10. The van der Waals surface area contributed by atoms with E-state index >= 15 is 0 Å². The number of methoxy groups -OCH3 is 3. The van der Waals surface area contributed by atoms with Crippen molar-refractivity contribution in [2.75, 3.05) is 38.8 Å². The Morgan fingerprint density at radius 3 is 2.49 bits per heavy atom. The number of para-hydroxylation sites is 1. The van der Waals surface area contributed by atoms with Crippen molar-refractivity contribution in [3.05, 3.63) is 57.5 Å².